The van der Waals surface area contributed by atoms with Crippen LogP contribution < -0.4 is 15.1 Å². The van der Waals surface area contributed by atoms with E-state index in [0.717, 1.165) is 43.2 Å². The Morgan fingerprint density at radius 1 is 0.806 bits per heavy atom. The Bertz CT molecular complexity index is 1190. The summed E-state index contributed by atoms with van der Waals surface area (Å²) in [7, 11) is 0. The van der Waals surface area contributed by atoms with Crippen LogP contribution in [0, 0.1) is 0 Å². The summed E-state index contributed by atoms with van der Waals surface area (Å²) in [6.07, 6.45) is 0. The van der Waals surface area contributed by atoms with Gasteiger partial charge in [0, 0.05) is 48.8 Å². The number of piperazine rings is 1. The fourth-order valence-electron chi connectivity index (χ4n) is 4.34. The van der Waals surface area contributed by atoms with Gasteiger partial charge in [0.05, 0.1) is 12.2 Å². The van der Waals surface area contributed by atoms with Gasteiger partial charge in [-0.05, 0) is 78.6 Å². The highest BCUT2D eigenvalue weighted by molar-refractivity contribution is 6.04. The predicted octanol–water partition coefficient (Wildman–Crippen LogP) is 5.74. The quantitative estimate of drug-likeness (QED) is 0.451. The number of rotatable bonds is 6. The fourth-order valence-corrected chi connectivity index (χ4v) is 4.34. The molecule has 1 heterocycles. The van der Waals surface area contributed by atoms with E-state index in [1.807, 2.05) is 66.7 Å². The Morgan fingerprint density at radius 3 is 1.83 bits per heavy atom. The molecule has 1 N–H and O–H groups in total. The van der Waals surface area contributed by atoms with Crippen molar-refractivity contribution < 1.29 is 14.3 Å². The van der Waals surface area contributed by atoms with Gasteiger partial charge in [-0.1, -0.05) is 32.9 Å². The maximum atomic E-state index is 12.8. The number of esters is 1. The van der Waals surface area contributed by atoms with Crippen LogP contribution in [0.25, 0.3) is 0 Å². The molecule has 36 heavy (non-hydrogen) atoms. The second kappa shape index (κ2) is 10.9. The number of amides is 1. The van der Waals surface area contributed by atoms with E-state index in [1.165, 1.54) is 5.56 Å². The number of hydrogen-bond donors (Lipinski definition) is 1. The molecule has 1 saturated heterocycles. The Morgan fingerprint density at radius 2 is 1.33 bits per heavy atom. The van der Waals surface area contributed by atoms with Crippen LogP contribution in [0.15, 0.2) is 72.8 Å². The van der Waals surface area contributed by atoms with Crippen molar-refractivity contribution in [2.45, 2.75) is 33.1 Å². The fraction of sp³-hybridized carbons (Fsp3) is 0.333. The number of hydrogen-bond acceptors (Lipinski definition) is 5. The summed E-state index contributed by atoms with van der Waals surface area (Å²) in [5.74, 6) is -0.395. The van der Waals surface area contributed by atoms with E-state index in [9.17, 15) is 9.59 Å². The monoisotopic (exact) mass is 485 g/mol. The Kier molecular flexibility index (Phi) is 7.63. The second-order valence-electron chi connectivity index (χ2n) is 10.1. The number of anilines is 3. The van der Waals surface area contributed by atoms with Crippen LogP contribution in [0.1, 0.15) is 54.0 Å². The lowest BCUT2D eigenvalue weighted by molar-refractivity contribution is 0.0526. The molecule has 1 aliphatic rings. The number of nitrogens with zero attached hydrogens (tertiary/aromatic N) is 2. The lowest BCUT2D eigenvalue weighted by atomic mass is 9.87. The molecule has 3 aromatic rings. The van der Waals surface area contributed by atoms with Gasteiger partial charge in [-0.25, -0.2) is 4.79 Å². The third-order valence-corrected chi connectivity index (χ3v) is 6.50. The van der Waals surface area contributed by atoms with Crippen molar-refractivity contribution in [1.29, 1.82) is 0 Å². The van der Waals surface area contributed by atoms with Gasteiger partial charge in [0.25, 0.3) is 5.91 Å². The second-order valence-corrected chi connectivity index (χ2v) is 10.1. The summed E-state index contributed by atoms with van der Waals surface area (Å²) < 4.78 is 5.06. The van der Waals surface area contributed by atoms with E-state index in [4.69, 9.17) is 4.74 Å². The first-order valence-corrected chi connectivity index (χ1v) is 12.5. The van der Waals surface area contributed by atoms with Gasteiger partial charge < -0.3 is 19.9 Å². The zero-order chi connectivity index (χ0) is 25.7. The van der Waals surface area contributed by atoms with Crippen molar-refractivity contribution in [2.75, 3.05) is 47.9 Å². The van der Waals surface area contributed by atoms with Gasteiger partial charge in [-0.3, -0.25) is 4.79 Å². The molecule has 0 spiro atoms. The SMILES string of the molecule is CCOC(=O)c1ccc(N2CCN(c3ccc(C(=O)Nc4cccc(C(C)(C)C)c4)cc3)CC2)cc1. The maximum absolute atomic E-state index is 12.8. The van der Waals surface area contributed by atoms with Crippen LogP contribution in [0.3, 0.4) is 0 Å². The number of ether oxygens (including phenoxy) is 1. The molecule has 4 rings (SSSR count). The molecule has 1 amide bonds. The molecular weight excluding hydrogens is 450 g/mol. The average molecular weight is 486 g/mol. The zero-order valence-electron chi connectivity index (χ0n) is 21.6. The number of nitrogens with one attached hydrogen (secondary N) is 1. The molecule has 3 aromatic carbocycles. The van der Waals surface area contributed by atoms with Gasteiger partial charge in [-0.2, -0.15) is 0 Å². The Balaban J connectivity index is 1.33. The number of carbonyl (C=O) groups is 2. The van der Waals surface area contributed by atoms with E-state index in [2.05, 4.69) is 42.0 Å². The lowest BCUT2D eigenvalue weighted by Crippen LogP contribution is -2.46. The summed E-state index contributed by atoms with van der Waals surface area (Å²) in [4.78, 5) is 29.3. The standard InChI is InChI=1S/C30H35N3O3/c1-5-36-29(35)23-11-15-27(16-12-23)33-19-17-32(18-20-33)26-13-9-22(10-14-26)28(34)31-25-8-6-7-24(21-25)30(2,3)4/h6-16,21H,5,17-20H2,1-4H3,(H,31,34). The van der Waals surface area contributed by atoms with Crippen molar-refractivity contribution >= 4 is 28.9 Å². The molecule has 1 aliphatic heterocycles. The minimum Gasteiger partial charge on any atom is -0.462 e. The van der Waals surface area contributed by atoms with Gasteiger partial charge in [0.15, 0.2) is 0 Å². The molecule has 0 atom stereocenters. The maximum Gasteiger partial charge on any atom is 0.338 e. The molecule has 0 saturated carbocycles. The van der Waals surface area contributed by atoms with Crippen molar-refractivity contribution in [3.05, 3.63) is 89.5 Å². The molecular formula is C30H35N3O3. The lowest BCUT2D eigenvalue weighted by Gasteiger charge is -2.37. The van der Waals surface area contributed by atoms with Crippen LogP contribution >= 0.6 is 0 Å². The van der Waals surface area contributed by atoms with E-state index in [0.29, 0.717) is 17.7 Å². The van der Waals surface area contributed by atoms with Crippen molar-refractivity contribution in [1.82, 2.24) is 0 Å². The molecule has 0 bridgehead atoms. The molecule has 0 aliphatic carbocycles. The summed E-state index contributed by atoms with van der Waals surface area (Å²) in [5.41, 5.74) is 5.44. The molecule has 0 radical (unpaired) electrons. The first kappa shape index (κ1) is 25.3. The summed E-state index contributed by atoms with van der Waals surface area (Å²) in [6.45, 7) is 12.2. The first-order chi connectivity index (χ1) is 17.2. The van der Waals surface area contributed by atoms with Crippen LogP contribution in [-0.2, 0) is 10.2 Å². The van der Waals surface area contributed by atoms with E-state index in [1.54, 1.807) is 6.92 Å². The minimum absolute atomic E-state index is 0.0263. The normalized spacial score (nSPS) is 13.9. The smallest absolute Gasteiger partial charge is 0.338 e. The summed E-state index contributed by atoms with van der Waals surface area (Å²) in [6, 6.07) is 23.4. The van der Waals surface area contributed by atoms with Crippen LogP contribution in [-0.4, -0.2) is 44.7 Å². The molecule has 188 valence electrons. The molecule has 6 heteroatoms. The van der Waals surface area contributed by atoms with E-state index >= 15 is 0 Å². The number of benzene rings is 3. The minimum atomic E-state index is -0.288. The molecule has 6 nitrogen and oxygen atoms in total. The average Bonchev–Trinajstić information content (AvgIpc) is 2.89. The third-order valence-electron chi connectivity index (χ3n) is 6.50. The van der Waals surface area contributed by atoms with Crippen LogP contribution in [0.2, 0.25) is 0 Å². The van der Waals surface area contributed by atoms with Gasteiger partial charge >= 0.3 is 5.97 Å². The third kappa shape index (κ3) is 6.06. The summed E-state index contributed by atoms with van der Waals surface area (Å²) >= 11 is 0. The predicted molar refractivity (Wildman–Crippen MR) is 146 cm³/mol. The van der Waals surface area contributed by atoms with Gasteiger partial charge in [-0.15, -0.1) is 0 Å². The van der Waals surface area contributed by atoms with Crippen molar-refractivity contribution in [3.63, 3.8) is 0 Å². The molecule has 0 aromatic heterocycles. The van der Waals surface area contributed by atoms with Crippen LogP contribution in [0.5, 0.6) is 0 Å². The zero-order valence-corrected chi connectivity index (χ0v) is 21.6. The Labute approximate surface area is 213 Å². The highest BCUT2D eigenvalue weighted by Gasteiger charge is 2.19. The van der Waals surface area contributed by atoms with E-state index < -0.39 is 0 Å². The van der Waals surface area contributed by atoms with Crippen molar-refractivity contribution in [3.8, 4) is 0 Å². The number of carbonyl (C=O) groups excluding carboxylic acids is 2. The first-order valence-electron chi connectivity index (χ1n) is 12.5. The molecule has 1 fully saturated rings. The topological polar surface area (TPSA) is 61.9 Å². The van der Waals surface area contributed by atoms with Crippen molar-refractivity contribution in [2.24, 2.45) is 0 Å². The summed E-state index contributed by atoms with van der Waals surface area (Å²) in [5, 5.41) is 3.02. The molecule has 0 unspecified atom stereocenters. The van der Waals surface area contributed by atoms with Crippen LogP contribution in [0.4, 0.5) is 17.1 Å². The Hall–Kier alpha value is -3.80. The highest BCUT2D eigenvalue weighted by atomic mass is 16.5. The van der Waals surface area contributed by atoms with Gasteiger partial charge in [0.2, 0.25) is 0 Å². The van der Waals surface area contributed by atoms with E-state index in [-0.39, 0.29) is 17.3 Å². The largest absolute Gasteiger partial charge is 0.462 e. The van der Waals surface area contributed by atoms with Gasteiger partial charge in [0.1, 0.15) is 0 Å². The highest BCUT2D eigenvalue weighted by Crippen LogP contribution is 2.25.